The quantitative estimate of drug-likeness (QED) is 0.905. The van der Waals surface area contributed by atoms with Crippen molar-refractivity contribution in [2.45, 2.75) is 19.5 Å². The molecule has 3 nitrogen and oxygen atoms in total. The summed E-state index contributed by atoms with van der Waals surface area (Å²) >= 11 is 0. The molecule has 5 heteroatoms. The number of hydrogen-bond acceptors (Lipinski definition) is 2. The molecule has 1 N–H and O–H groups in total. The van der Waals surface area contributed by atoms with Gasteiger partial charge < -0.3 is 9.88 Å². The molecule has 1 unspecified atom stereocenters. The van der Waals surface area contributed by atoms with Crippen LogP contribution < -0.4 is 5.32 Å². The third-order valence-corrected chi connectivity index (χ3v) is 2.93. The summed E-state index contributed by atoms with van der Waals surface area (Å²) in [4.78, 5) is 4.18. The molecule has 0 aliphatic carbocycles. The highest BCUT2D eigenvalue weighted by atomic mass is 19.2. The standard InChI is InChI=1S/C13H15F2N3/c1-9(10-3-4-11(14)12(15)7-10)17-8-13-16-5-6-18(13)2/h3-7,9,17H,8H2,1-2H3. The molecule has 0 bridgehead atoms. The number of nitrogens with zero attached hydrogens (tertiary/aromatic N) is 2. The van der Waals surface area contributed by atoms with Crippen molar-refractivity contribution in [1.82, 2.24) is 14.9 Å². The van der Waals surface area contributed by atoms with Crippen LogP contribution in [0.5, 0.6) is 0 Å². The van der Waals surface area contributed by atoms with Crippen LogP contribution in [0, 0.1) is 11.6 Å². The predicted octanol–water partition coefficient (Wildman–Crippen LogP) is 2.55. The van der Waals surface area contributed by atoms with Gasteiger partial charge in [0.15, 0.2) is 11.6 Å². The summed E-state index contributed by atoms with van der Waals surface area (Å²) in [6, 6.07) is 3.86. The number of benzene rings is 1. The topological polar surface area (TPSA) is 29.9 Å². The Bertz CT molecular complexity index is 537. The van der Waals surface area contributed by atoms with E-state index in [1.807, 2.05) is 24.7 Å². The molecule has 2 aromatic rings. The second-order valence-corrected chi connectivity index (χ2v) is 4.23. The number of aromatic nitrogens is 2. The second kappa shape index (κ2) is 5.27. The Morgan fingerprint density at radius 1 is 1.33 bits per heavy atom. The predicted molar refractivity (Wildman–Crippen MR) is 64.8 cm³/mol. The van der Waals surface area contributed by atoms with E-state index in [0.717, 1.165) is 11.9 Å². The first-order valence-electron chi connectivity index (χ1n) is 5.72. The molecule has 1 atom stereocenters. The van der Waals surface area contributed by atoms with Gasteiger partial charge >= 0.3 is 0 Å². The first-order chi connectivity index (χ1) is 8.58. The molecular weight excluding hydrogens is 236 g/mol. The lowest BCUT2D eigenvalue weighted by Crippen LogP contribution is -2.20. The van der Waals surface area contributed by atoms with Crippen LogP contribution in [0.25, 0.3) is 0 Å². The number of hydrogen-bond donors (Lipinski definition) is 1. The van der Waals surface area contributed by atoms with E-state index >= 15 is 0 Å². The van der Waals surface area contributed by atoms with Crippen molar-refractivity contribution in [2.75, 3.05) is 0 Å². The molecule has 1 aromatic carbocycles. The smallest absolute Gasteiger partial charge is 0.159 e. The summed E-state index contributed by atoms with van der Waals surface area (Å²) in [6.07, 6.45) is 3.58. The fourth-order valence-corrected chi connectivity index (χ4v) is 1.71. The van der Waals surface area contributed by atoms with Gasteiger partial charge in [-0.2, -0.15) is 0 Å². The minimum absolute atomic E-state index is 0.0724. The summed E-state index contributed by atoms with van der Waals surface area (Å²) < 4.78 is 27.8. The minimum atomic E-state index is -0.824. The molecule has 2 rings (SSSR count). The highest BCUT2D eigenvalue weighted by Crippen LogP contribution is 2.16. The van der Waals surface area contributed by atoms with Gasteiger partial charge in [-0.3, -0.25) is 0 Å². The fraction of sp³-hybridized carbons (Fsp3) is 0.308. The maximum Gasteiger partial charge on any atom is 0.159 e. The van der Waals surface area contributed by atoms with Crippen molar-refractivity contribution >= 4 is 0 Å². The number of halogens is 2. The van der Waals surface area contributed by atoms with Gasteiger partial charge in [-0.15, -0.1) is 0 Å². The Morgan fingerprint density at radius 3 is 2.72 bits per heavy atom. The van der Waals surface area contributed by atoms with Gasteiger partial charge in [0.2, 0.25) is 0 Å². The molecule has 0 saturated heterocycles. The molecule has 1 aromatic heterocycles. The van der Waals surface area contributed by atoms with E-state index in [1.165, 1.54) is 6.07 Å². The van der Waals surface area contributed by atoms with Crippen LogP contribution in [-0.2, 0) is 13.6 Å². The monoisotopic (exact) mass is 251 g/mol. The van der Waals surface area contributed by atoms with Crippen LogP contribution in [-0.4, -0.2) is 9.55 Å². The Kier molecular flexibility index (Phi) is 3.72. The molecule has 0 spiro atoms. The summed E-state index contributed by atoms with van der Waals surface area (Å²) in [5.41, 5.74) is 0.711. The molecule has 18 heavy (non-hydrogen) atoms. The van der Waals surface area contributed by atoms with Crippen molar-refractivity contribution in [2.24, 2.45) is 7.05 Å². The molecule has 96 valence electrons. The van der Waals surface area contributed by atoms with Crippen LogP contribution in [0.3, 0.4) is 0 Å². The highest BCUT2D eigenvalue weighted by Gasteiger charge is 2.09. The van der Waals surface area contributed by atoms with E-state index in [-0.39, 0.29) is 6.04 Å². The van der Waals surface area contributed by atoms with Gasteiger partial charge in [-0.25, -0.2) is 13.8 Å². The van der Waals surface area contributed by atoms with E-state index in [4.69, 9.17) is 0 Å². The Labute approximate surface area is 104 Å². The lowest BCUT2D eigenvalue weighted by Gasteiger charge is -2.14. The van der Waals surface area contributed by atoms with E-state index < -0.39 is 11.6 Å². The highest BCUT2D eigenvalue weighted by molar-refractivity contribution is 5.20. The number of imidazole rings is 1. The van der Waals surface area contributed by atoms with Crippen LogP contribution in [0.1, 0.15) is 24.4 Å². The number of aryl methyl sites for hydroxylation is 1. The largest absolute Gasteiger partial charge is 0.337 e. The van der Waals surface area contributed by atoms with Crippen LogP contribution in [0.15, 0.2) is 30.6 Å². The second-order valence-electron chi connectivity index (χ2n) is 4.23. The lowest BCUT2D eigenvalue weighted by molar-refractivity contribution is 0.498. The van der Waals surface area contributed by atoms with E-state index in [0.29, 0.717) is 12.1 Å². The first-order valence-corrected chi connectivity index (χ1v) is 5.72. The maximum atomic E-state index is 13.1. The summed E-state index contributed by atoms with van der Waals surface area (Å²) in [5.74, 6) is -0.752. The number of rotatable bonds is 4. The van der Waals surface area contributed by atoms with Crippen molar-refractivity contribution in [1.29, 1.82) is 0 Å². The van der Waals surface area contributed by atoms with Crippen molar-refractivity contribution in [3.8, 4) is 0 Å². The normalized spacial score (nSPS) is 12.7. The van der Waals surface area contributed by atoms with Gasteiger partial charge in [0, 0.05) is 25.5 Å². The van der Waals surface area contributed by atoms with Gasteiger partial charge in [-0.1, -0.05) is 6.07 Å². The average Bonchev–Trinajstić information content (AvgIpc) is 2.75. The van der Waals surface area contributed by atoms with E-state index in [9.17, 15) is 8.78 Å². The van der Waals surface area contributed by atoms with Gasteiger partial charge in [0.05, 0.1) is 6.54 Å². The maximum absolute atomic E-state index is 13.1. The third kappa shape index (κ3) is 2.73. The minimum Gasteiger partial charge on any atom is -0.337 e. The fourth-order valence-electron chi connectivity index (χ4n) is 1.71. The van der Waals surface area contributed by atoms with Crippen LogP contribution in [0.4, 0.5) is 8.78 Å². The average molecular weight is 251 g/mol. The Hall–Kier alpha value is -1.75. The Balaban J connectivity index is 2.01. The van der Waals surface area contributed by atoms with Gasteiger partial charge in [-0.05, 0) is 24.6 Å². The van der Waals surface area contributed by atoms with E-state index in [1.54, 1.807) is 12.3 Å². The van der Waals surface area contributed by atoms with Crippen molar-refractivity contribution in [3.05, 3.63) is 53.6 Å². The molecule has 0 radical (unpaired) electrons. The van der Waals surface area contributed by atoms with Crippen LogP contribution >= 0.6 is 0 Å². The first kappa shape index (κ1) is 12.7. The molecule has 1 heterocycles. The molecule has 0 aliphatic heterocycles. The lowest BCUT2D eigenvalue weighted by atomic mass is 10.1. The van der Waals surface area contributed by atoms with E-state index in [2.05, 4.69) is 10.3 Å². The molecule has 0 amide bonds. The van der Waals surface area contributed by atoms with Gasteiger partial charge in [0.25, 0.3) is 0 Å². The zero-order valence-electron chi connectivity index (χ0n) is 10.3. The molecule has 0 aliphatic rings. The SMILES string of the molecule is CC(NCc1nccn1C)c1ccc(F)c(F)c1. The zero-order valence-corrected chi connectivity index (χ0v) is 10.3. The molecular formula is C13H15F2N3. The number of nitrogens with one attached hydrogen (secondary N) is 1. The van der Waals surface area contributed by atoms with Gasteiger partial charge in [0.1, 0.15) is 5.82 Å². The van der Waals surface area contributed by atoms with Crippen molar-refractivity contribution in [3.63, 3.8) is 0 Å². The summed E-state index contributed by atoms with van der Waals surface area (Å²) in [6.45, 7) is 2.47. The van der Waals surface area contributed by atoms with Crippen molar-refractivity contribution < 1.29 is 8.78 Å². The zero-order chi connectivity index (χ0) is 13.1. The molecule has 0 saturated carbocycles. The Morgan fingerprint density at radius 2 is 2.11 bits per heavy atom. The van der Waals surface area contributed by atoms with Crippen LogP contribution in [0.2, 0.25) is 0 Å². The summed E-state index contributed by atoms with van der Waals surface area (Å²) in [5, 5.41) is 3.22. The molecule has 0 fully saturated rings. The third-order valence-electron chi connectivity index (χ3n) is 2.93. The summed E-state index contributed by atoms with van der Waals surface area (Å²) in [7, 11) is 1.91.